The number of benzene rings is 1. The zero-order valence-electron chi connectivity index (χ0n) is 17.0. The number of aryl methyl sites for hydroxylation is 1. The Morgan fingerprint density at radius 2 is 2.16 bits per heavy atom. The number of aromatic nitrogens is 5. The maximum Gasteiger partial charge on any atom is 0.284 e. The minimum Gasteiger partial charge on any atom is -0.416 e. The first-order valence-corrected chi connectivity index (χ1v) is 11.0. The van der Waals surface area contributed by atoms with Crippen LogP contribution in [0.2, 0.25) is 0 Å². The molecule has 1 aromatic carbocycles. The van der Waals surface area contributed by atoms with E-state index in [-0.39, 0.29) is 11.9 Å². The van der Waals surface area contributed by atoms with Crippen molar-refractivity contribution in [1.82, 2.24) is 25.1 Å². The molecule has 1 saturated heterocycles. The Morgan fingerprint density at radius 1 is 1.29 bits per heavy atom. The Hall–Kier alpha value is -2.92. The van der Waals surface area contributed by atoms with Gasteiger partial charge in [0.2, 0.25) is 11.0 Å². The predicted octanol–water partition coefficient (Wildman–Crippen LogP) is 3.06. The molecular formula is C20H21FN8OS. The van der Waals surface area contributed by atoms with E-state index in [1.807, 2.05) is 0 Å². The fraction of sp³-hybridized carbons (Fsp3) is 0.400. The summed E-state index contributed by atoms with van der Waals surface area (Å²) in [4.78, 5) is 15.2. The fourth-order valence-electron chi connectivity index (χ4n) is 4.93. The third kappa shape index (κ3) is 2.94. The van der Waals surface area contributed by atoms with Gasteiger partial charge in [0.05, 0.1) is 16.6 Å². The van der Waals surface area contributed by atoms with Gasteiger partial charge in [-0.25, -0.2) is 14.4 Å². The molecule has 160 valence electrons. The predicted molar refractivity (Wildman–Crippen MR) is 116 cm³/mol. The summed E-state index contributed by atoms with van der Waals surface area (Å²) in [7, 11) is 1.77. The van der Waals surface area contributed by atoms with Crippen LogP contribution in [0.15, 0.2) is 26.9 Å². The van der Waals surface area contributed by atoms with Crippen molar-refractivity contribution in [3.05, 3.63) is 23.8 Å². The average molecular weight is 441 g/mol. The van der Waals surface area contributed by atoms with E-state index in [4.69, 9.17) is 20.1 Å². The van der Waals surface area contributed by atoms with E-state index in [9.17, 15) is 4.39 Å². The van der Waals surface area contributed by atoms with Crippen LogP contribution in [0.3, 0.4) is 0 Å². The van der Waals surface area contributed by atoms with Crippen LogP contribution in [0, 0.1) is 18.7 Å². The van der Waals surface area contributed by atoms with Gasteiger partial charge >= 0.3 is 0 Å². The van der Waals surface area contributed by atoms with Crippen LogP contribution in [0.4, 0.5) is 15.9 Å². The van der Waals surface area contributed by atoms with Gasteiger partial charge in [-0.15, -0.1) is 10.2 Å². The molecule has 1 saturated carbocycles. The Labute approximate surface area is 181 Å². The van der Waals surface area contributed by atoms with Gasteiger partial charge in [-0.2, -0.15) is 0 Å². The van der Waals surface area contributed by atoms with Crippen LogP contribution in [-0.4, -0.2) is 50.8 Å². The Kier molecular flexibility index (Phi) is 4.12. The molecule has 3 aromatic heterocycles. The second-order valence-corrected chi connectivity index (χ2v) is 9.11. The molecule has 2 bridgehead atoms. The van der Waals surface area contributed by atoms with Crippen molar-refractivity contribution in [2.45, 2.75) is 42.2 Å². The van der Waals surface area contributed by atoms with Gasteiger partial charge in [-0.3, -0.25) is 0 Å². The summed E-state index contributed by atoms with van der Waals surface area (Å²) in [5.74, 6) is 1.41. The quantitative estimate of drug-likeness (QED) is 0.411. The van der Waals surface area contributed by atoms with E-state index in [0.717, 1.165) is 41.5 Å². The first kappa shape index (κ1) is 18.8. The maximum atomic E-state index is 14.4. The summed E-state index contributed by atoms with van der Waals surface area (Å²) >= 11 is 1.22. The number of anilines is 2. The first-order valence-electron chi connectivity index (χ1n) is 10.2. The number of halogens is 1. The summed E-state index contributed by atoms with van der Waals surface area (Å²) in [6.07, 6.45) is 1.98. The molecule has 11 heteroatoms. The van der Waals surface area contributed by atoms with Gasteiger partial charge in [0.15, 0.2) is 0 Å². The number of H-pyrrole nitrogens is 1. The van der Waals surface area contributed by atoms with Crippen LogP contribution in [0.25, 0.3) is 21.9 Å². The standard InChI is InChI=1S/C20H21FN8OS/c1-8-27-28-20(30-8)31-19-25-17-15(12-4-10(21)5-14(23-2)16(12)24-17)18(26-19)29-7-9-3-11(29)6-13(9)22/h4-5,9,11,13,23H,3,6-7,22H2,1-2H3,(H,24,25,26). The van der Waals surface area contributed by atoms with Crippen molar-refractivity contribution in [2.24, 2.45) is 11.7 Å². The van der Waals surface area contributed by atoms with Crippen molar-refractivity contribution < 1.29 is 8.81 Å². The van der Waals surface area contributed by atoms with Crippen molar-refractivity contribution in [1.29, 1.82) is 0 Å². The molecule has 9 nitrogen and oxygen atoms in total. The number of rotatable bonds is 4. The van der Waals surface area contributed by atoms with Crippen LogP contribution in [-0.2, 0) is 0 Å². The number of hydrogen-bond donors (Lipinski definition) is 3. The lowest BCUT2D eigenvalue weighted by Crippen LogP contribution is -2.41. The summed E-state index contributed by atoms with van der Waals surface area (Å²) < 4.78 is 19.9. The minimum absolute atomic E-state index is 0.227. The monoisotopic (exact) mass is 440 g/mol. The normalized spacial score (nSPS) is 22.8. The molecule has 3 atom stereocenters. The maximum absolute atomic E-state index is 14.4. The van der Waals surface area contributed by atoms with Gasteiger partial charge in [-0.1, -0.05) is 0 Å². The molecule has 4 aromatic rings. The van der Waals surface area contributed by atoms with Gasteiger partial charge in [-0.05, 0) is 30.9 Å². The van der Waals surface area contributed by atoms with Gasteiger partial charge in [0, 0.05) is 49.7 Å². The first-order chi connectivity index (χ1) is 15.0. The summed E-state index contributed by atoms with van der Waals surface area (Å²) in [6.45, 7) is 2.57. The molecule has 0 spiro atoms. The fourth-order valence-corrected chi connectivity index (χ4v) is 5.59. The molecular weight excluding hydrogens is 419 g/mol. The third-order valence-corrected chi connectivity index (χ3v) is 7.01. The van der Waals surface area contributed by atoms with Crippen molar-refractivity contribution in [3.63, 3.8) is 0 Å². The Morgan fingerprint density at radius 3 is 2.84 bits per heavy atom. The summed E-state index contributed by atoms with van der Waals surface area (Å²) in [6, 6.07) is 3.56. The van der Waals surface area contributed by atoms with E-state index >= 15 is 0 Å². The second-order valence-electron chi connectivity index (χ2n) is 8.19. The topological polar surface area (TPSA) is 122 Å². The van der Waals surface area contributed by atoms with Gasteiger partial charge in [0.25, 0.3) is 5.22 Å². The molecule has 1 aliphatic heterocycles. The number of piperidine rings is 1. The number of nitrogens with two attached hydrogens (primary N) is 1. The average Bonchev–Trinajstić information content (AvgIpc) is 3.50. The van der Waals surface area contributed by atoms with Crippen LogP contribution >= 0.6 is 11.8 Å². The van der Waals surface area contributed by atoms with E-state index in [1.54, 1.807) is 14.0 Å². The highest BCUT2D eigenvalue weighted by molar-refractivity contribution is 7.98. The highest BCUT2D eigenvalue weighted by Crippen LogP contribution is 2.44. The van der Waals surface area contributed by atoms with Crippen molar-refractivity contribution >= 4 is 45.2 Å². The lowest BCUT2D eigenvalue weighted by atomic mass is 10.0. The highest BCUT2D eigenvalue weighted by atomic mass is 32.2. The third-order valence-electron chi connectivity index (χ3n) is 6.31. The molecule has 0 radical (unpaired) electrons. The molecule has 31 heavy (non-hydrogen) atoms. The molecule has 4 heterocycles. The molecule has 0 amide bonds. The summed E-state index contributed by atoms with van der Waals surface area (Å²) in [5.41, 5.74) is 8.40. The molecule has 3 unspecified atom stereocenters. The number of nitrogens with zero attached hydrogens (tertiary/aromatic N) is 5. The molecule has 2 fully saturated rings. The molecule has 6 rings (SSSR count). The molecule has 4 N–H and O–H groups in total. The summed E-state index contributed by atoms with van der Waals surface area (Å²) in [5, 5.41) is 13.4. The van der Waals surface area contributed by atoms with Gasteiger partial charge in [0.1, 0.15) is 17.3 Å². The number of hydrogen-bond acceptors (Lipinski definition) is 9. The zero-order chi connectivity index (χ0) is 21.3. The zero-order valence-corrected chi connectivity index (χ0v) is 17.8. The van der Waals surface area contributed by atoms with Crippen LogP contribution < -0.4 is 16.0 Å². The lowest BCUT2D eigenvalue weighted by Gasteiger charge is -2.31. The Balaban J connectivity index is 1.56. The highest BCUT2D eigenvalue weighted by Gasteiger charge is 2.44. The SMILES string of the molecule is CNc1cc(F)cc2c1[nH]c1nc(Sc3nnc(C)o3)nc(N3CC4CC3CC4N)c12. The number of fused-ring (bicyclic) bond motifs is 5. The van der Waals surface area contributed by atoms with Crippen molar-refractivity contribution in [3.8, 4) is 0 Å². The smallest absolute Gasteiger partial charge is 0.284 e. The van der Waals surface area contributed by atoms with E-state index in [0.29, 0.717) is 39.6 Å². The molecule has 2 aliphatic rings. The minimum atomic E-state index is -0.312. The largest absolute Gasteiger partial charge is 0.416 e. The van der Waals surface area contributed by atoms with Crippen LogP contribution in [0.1, 0.15) is 18.7 Å². The van der Waals surface area contributed by atoms with E-state index < -0.39 is 0 Å². The van der Waals surface area contributed by atoms with Crippen molar-refractivity contribution in [2.75, 3.05) is 23.8 Å². The van der Waals surface area contributed by atoms with Gasteiger partial charge < -0.3 is 25.4 Å². The lowest BCUT2D eigenvalue weighted by molar-refractivity contribution is 0.429. The Bertz CT molecular complexity index is 1320. The number of nitrogens with one attached hydrogen (secondary N) is 2. The number of aromatic amines is 1. The van der Waals surface area contributed by atoms with Crippen LogP contribution in [0.5, 0.6) is 0 Å². The van der Waals surface area contributed by atoms with E-state index in [2.05, 4.69) is 25.4 Å². The second kappa shape index (κ2) is 6.79. The van der Waals surface area contributed by atoms with E-state index in [1.165, 1.54) is 23.9 Å². The molecule has 1 aliphatic carbocycles.